The van der Waals surface area contributed by atoms with E-state index in [-0.39, 0.29) is 37.1 Å². The van der Waals surface area contributed by atoms with Gasteiger partial charge in [0.15, 0.2) is 0 Å². The van der Waals surface area contributed by atoms with Gasteiger partial charge in [0.2, 0.25) is 11.6 Å². The molecule has 0 amide bonds. The lowest BCUT2D eigenvalue weighted by molar-refractivity contribution is -0.138. The van der Waals surface area contributed by atoms with Crippen LogP contribution in [0.1, 0.15) is 40.5 Å². The summed E-state index contributed by atoms with van der Waals surface area (Å²) in [4.78, 5) is 22.6. The molecule has 0 aromatic carbocycles. The van der Waals surface area contributed by atoms with Gasteiger partial charge in [0.1, 0.15) is 6.61 Å². The Morgan fingerprint density at radius 2 is 1.68 bits per heavy atom. The molecular weight excluding hydrogens is 240 g/mol. The predicted molar refractivity (Wildman–Crippen MR) is 75.3 cm³/mol. The summed E-state index contributed by atoms with van der Waals surface area (Å²) < 4.78 is 5.15. The normalized spacial score (nSPS) is 9.58. The summed E-state index contributed by atoms with van der Waals surface area (Å²) >= 11 is 0. The molecule has 0 bridgehead atoms. The average molecular weight is 262 g/mol. The quantitative estimate of drug-likeness (QED) is 0.401. The van der Waals surface area contributed by atoms with Gasteiger partial charge in [0.25, 0.3) is 0 Å². The van der Waals surface area contributed by atoms with Gasteiger partial charge in [0, 0.05) is 18.8 Å². The van der Waals surface area contributed by atoms with Gasteiger partial charge in [-0.1, -0.05) is 39.5 Å². The highest BCUT2D eigenvalue weighted by molar-refractivity contribution is 6.37. The second-order valence-electron chi connectivity index (χ2n) is 4.95. The van der Waals surface area contributed by atoms with E-state index < -0.39 is 0 Å². The molecule has 3 nitrogen and oxygen atoms in total. The first kappa shape index (κ1) is 17.4. The zero-order valence-corrected chi connectivity index (χ0v) is 12.2. The summed E-state index contributed by atoms with van der Waals surface area (Å²) in [5.41, 5.74) is 0. The van der Waals surface area contributed by atoms with Crippen molar-refractivity contribution in [1.82, 2.24) is 0 Å². The van der Waals surface area contributed by atoms with Crippen molar-refractivity contribution in [2.45, 2.75) is 40.5 Å². The first-order chi connectivity index (χ1) is 8.95. The maximum absolute atomic E-state index is 11.3. The highest BCUT2D eigenvalue weighted by Crippen LogP contribution is 1.98. The molecule has 0 radical (unpaired) electrons. The maximum atomic E-state index is 11.3. The van der Waals surface area contributed by atoms with Crippen LogP contribution >= 0.6 is 0 Å². The number of hydrogen-bond acceptors (Lipinski definition) is 3. The second-order valence-corrected chi connectivity index (χ2v) is 4.95. The summed E-state index contributed by atoms with van der Waals surface area (Å²) in [5, 5.41) is 0. The largest absolute Gasteiger partial charge is 0.368 e. The fourth-order valence-electron chi connectivity index (χ4n) is 1.11. The first-order valence-electron chi connectivity index (χ1n) is 6.55. The highest BCUT2D eigenvalue weighted by Gasteiger charge is 2.16. The van der Waals surface area contributed by atoms with Crippen LogP contribution in [0.25, 0.3) is 0 Å². The molecule has 3 heteroatoms. The third-order valence-electron chi connectivity index (χ3n) is 2.20. The maximum Gasteiger partial charge on any atom is 0.200 e. The van der Waals surface area contributed by atoms with Crippen LogP contribution in [-0.4, -0.2) is 24.8 Å². The Morgan fingerprint density at radius 3 is 2.26 bits per heavy atom. The Hall–Kier alpha value is -1.58. The molecule has 0 unspecified atom stereocenters. The van der Waals surface area contributed by atoms with Crippen LogP contribution in [0.5, 0.6) is 0 Å². The molecule has 19 heavy (non-hydrogen) atoms. The molecule has 0 aromatic heterocycles. The van der Waals surface area contributed by atoms with Gasteiger partial charge in [0.05, 0.1) is 6.61 Å². The average Bonchev–Trinajstić information content (AvgIpc) is 2.35. The van der Waals surface area contributed by atoms with Crippen LogP contribution < -0.4 is 0 Å². The van der Waals surface area contributed by atoms with Gasteiger partial charge in [-0.25, -0.2) is 0 Å². The van der Waals surface area contributed by atoms with Gasteiger partial charge in [-0.2, -0.15) is 0 Å². The van der Waals surface area contributed by atoms with Gasteiger partial charge >= 0.3 is 0 Å². The number of carbonyl (C=O) groups excluding carboxylic acids is 2. The van der Waals surface area contributed by atoms with E-state index in [9.17, 15) is 9.59 Å². The molecule has 104 valence electrons. The molecule has 0 saturated carbocycles. The first-order valence-corrected chi connectivity index (χ1v) is 6.55. The molecule has 0 N–H and O–H groups in total. The van der Waals surface area contributed by atoms with Crippen molar-refractivity contribution >= 4 is 11.6 Å². The van der Waals surface area contributed by atoms with Crippen molar-refractivity contribution < 1.29 is 14.3 Å². The highest BCUT2D eigenvalue weighted by atomic mass is 16.5. The molecule has 0 aliphatic rings. The summed E-state index contributed by atoms with van der Waals surface area (Å²) in [6.45, 7) is 8.08. The topological polar surface area (TPSA) is 43.4 Å². The third kappa shape index (κ3) is 10.1. The van der Waals surface area contributed by atoms with Gasteiger partial charge in [-0.15, -0.1) is 0 Å². The Bertz CT molecular complexity index is 411. The summed E-state index contributed by atoms with van der Waals surface area (Å²) in [5.74, 6) is 10.7. The summed E-state index contributed by atoms with van der Waals surface area (Å²) in [6, 6.07) is 0. The molecular formula is C16H22O3. The molecule has 0 aliphatic heterocycles. The van der Waals surface area contributed by atoms with Gasteiger partial charge in [-0.05, 0) is 17.8 Å². The number of ketones is 2. The second kappa shape index (κ2) is 10.4. The summed E-state index contributed by atoms with van der Waals surface area (Å²) in [7, 11) is 0. The lowest BCUT2D eigenvalue weighted by Crippen LogP contribution is -2.20. The van der Waals surface area contributed by atoms with E-state index in [0.29, 0.717) is 5.92 Å². The van der Waals surface area contributed by atoms with E-state index in [2.05, 4.69) is 37.5 Å². The fraction of sp³-hybridized carbons (Fsp3) is 0.625. The van der Waals surface area contributed by atoms with Crippen LogP contribution in [0.4, 0.5) is 0 Å². The monoisotopic (exact) mass is 262 g/mol. The number of carbonyl (C=O) groups is 2. The van der Waals surface area contributed by atoms with Crippen molar-refractivity contribution in [3.05, 3.63) is 0 Å². The van der Waals surface area contributed by atoms with Crippen LogP contribution in [-0.2, 0) is 14.3 Å². The Labute approximate surface area is 116 Å². The SMILES string of the molecule is CC(C)CC#CC#CCOCCC(=O)C(=O)C(C)C. The molecule has 0 aromatic rings. The van der Waals surface area contributed by atoms with Gasteiger partial charge in [-0.3, -0.25) is 9.59 Å². The molecule has 0 heterocycles. The Kier molecular flexibility index (Phi) is 9.49. The van der Waals surface area contributed by atoms with E-state index in [4.69, 9.17) is 4.74 Å². The van der Waals surface area contributed by atoms with E-state index >= 15 is 0 Å². The lowest BCUT2D eigenvalue weighted by atomic mass is 10.0. The van der Waals surface area contributed by atoms with E-state index in [1.54, 1.807) is 13.8 Å². The standard InChI is InChI=1S/C16H22O3/c1-13(2)9-7-5-6-8-11-19-12-10-15(17)16(18)14(3)4/h13-14H,9-12H2,1-4H3. The smallest absolute Gasteiger partial charge is 0.200 e. The van der Waals surface area contributed by atoms with E-state index in [1.165, 1.54) is 0 Å². The molecule has 0 atom stereocenters. The van der Waals surface area contributed by atoms with Crippen molar-refractivity contribution in [1.29, 1.82) is 0 Å². The minimum Gasteiger partial charge on any atom is -0.368 e. The van der Waals surface area contributed by atoms with Crippen molar-refractivity contribution in [2.75, 3.05) is 13.2 Å². The predicted octanol–water partition coefficient (Wildman–Crippen LogP) is 2.24. The van der Waals surface area contributed by atoms with Gasteiger partial charge < -0.3 is 4.74 Å². The number of Topliss-reactive ketones (excluding diaryl/α,β-unsaturated/α-hetero) is 2. The van der Waals surface area contributed by atoms with Crippen LogP contribution in [0.3, 0.4) is 0 Å². The fourth-order valence-corrected chi connectivity index (χ4v) is 1.11. The Balaban J connectivity index is 3.71. The molecule has 0 fully saturated rings. The van der Waals surface area contributed by atoms with Crippen molar-refractivity contribution in [2.24, 2.45) is 11.8 Å². The van der Waals surface area contributed by atoms with Crippen LogP contribution in [0, 0.1) is 35.5 Å². The lowest BCUT2D eigenvalue weighted by Gasteiger charge is -2.02. The molecule has 0 rings (SSSR count). The van der Waals surface area contributed by atoms with Crippen molar-refractivity contribution in [3.8, 4) is 23.7 Å². The van der Waals surface area contributed by atoms with E-state index in [1.807, 2.05) is 0 Å². The molecule has 0 spiro atoms. The minimum absolute atomic E-state index is 0.123. The van der Waals surface area contributed by atoms with Crippen LogP contribution in [0.2, 0.25) is 0 Å². The minimum atomic E-state index is -0.375. The van der Waals surface area contributed by atoms with Crippen LogP contribution in [0.15, 0.2) is 0 Å². The number of rotatable bonds is 7. The Morgan fingerprint density at radius 1 is 1.05 bits per heavy atom. The van der Waals surface area contributed by atoms with E-state index in [0.717, 1.165) is 6.42 Å². The third-order valence-corrected chi connectivity index (χ3v) is 2.20. The summed E-state index contributed by atoms with van der Waals surface area (Å²) in [6.07, 6.45) is 0.957. The number of hydrogen-bond donors (Lipinski definition) is 0. The number of ether oxygens (including phenoxy) is 1. The zero-order chi connectivity index (χ0) is 14.7. The molecule has 0 saturated heterocycles. The van der Waals surface area contributed by atoms with Crippen molar-refractivity contribution in [3.63, 3.8) is 0 Å². The zero-order valence-electron chi connectivity index (χ0n) is 12.2. The molecule has 0 aliphatic carbocycles.